The summed E-state index contributed by atoms with van der Waals surface area (Å²) in [6.07, 6.45) is 14.9. The van der Waals surface area contributed by atoms with E-state index in [0.29, 0.717) is 49.2 Å². The number of nitro benzene ring substituents is 1. The highest BCUT2D eigenvalue weighted by atomic mass is 32.2. The number of amides is 1. The minimum Gasteiger partial charge on any atom is -0.455 e. The van der Waals surface area contributed by atoms with Crippen LogP contribution in [-0.4, -0.2) is 66.5 Å². The monoisotopic (exact) mass is 816 g/mol. The number of carbonyl (C=O) groups is 1. The number of nitrogens with zero attached hydrogens (tertiary/aromatic N) is 3. The molecule has 0 unspecified atom stereocenters. The molecule has 3 fully saturated rings. The van der Waals surface area contributed by atoms with Gasteiger partial charge < -0.3 is 19.8 Å². The first-order valence-electron chi connectivity index (χ1n) is 20.7. The Kier molecular flexibility index (Phi) is 10.9. The van der Waals surface area contributed by atoms with Crippen molar-refractivity contribution in [3.05, 3.63) is 124 Å². The van der Waals surface area contributed by atoms with E-state index in [2.05, 4.69) is 55.2 Å². The summed E-state index contributed by atoms with van der Waals surface area (Å²) in [6, 6.07) is 22.3. The third kappa shape index (κ3) is 8.48. The van der Waals surface area contributed by atoms with Crippen LogP contribution < -0.4 is 14.8 Å². The zero-order chi connectivity index (χ0) is 40.5. The average Bonchev–Trinajstić information content (AvgIpc) is 3.79. The van der Waals surface area contributed by atoms with Gasteiger partial charge in [0.05, 0.1) is 21.6 Å². The number of aromatic nitrogens is 2. The summed E-state index contributed by atoms with van der Waals surface area (Å²) < 4.78 is 41.2. The number of allylic oxidation sites excluding steroid dienone is 1. The maximum Gasteiger partial charge on any atom is 0.293 e. The number of ether oxygens (including phenoxy) is 2. The molecule has 59 heavy (non-hydrogen) atoms. The molecule has 2 aromatic heterocycles. The Labute approximate surface area is 343 Å². The molecule has 3 aromatic carbocycles. The summed E-state index contributed by atoms with van der Waals surface area (Å²) in [5.74, 6) is 0.579. The molecule has 2 aliphatic heterocycles. The van der Waals surface area contributed by atoms with E-state index in [4.69, 9.17) is 9.47 Å². The molecule has 13 nitrogen and oxygen atoms in total. The molecule has 4 aliphatic rings. The number of pyridine rings is 1. The number of benzene rings is 3. The summed E-state index contributed by atoms with van der Waals surface area (Å²) in [7, 11) is -4.54. The molecule has 306 valence electrons. The van der Waals surface area contributed by atoms with E-state index in [1.165, 1.54) is 48.9 Å². The van der Waals surface area contributed by atoms with Gasteiger partial charge in [0.15, 0.2) is 0 Å². The molecule has 5 aromatic rings. The van der Waals surface area contributed by atoms with Crippen molar-refractivity contribution < 1.29 is 27.6 Å². The zero-order valence-electron chi connectivity index (χ0n) is 32.8. The standard InChI is InChI=1S/C45H48N6O7S/c52-45(49-59(55,56)36-14-16-40(42(26-36)51(53)54)47-27-29-18-22-57-23-19-29)39-15-11-32(25-43(39)58-35-24-33-17-20-46-44(33)48-28-35)30-9-12-34(13-10-30)50-21-3-6-41(50)38-5-2-1-4-37(38)31-7-8-31/h1-2,4-5,9,11,14-17,20,24-26,28-29,31,34,41,47H,3,6-8,10,12-13,18-19,21-23,27H2,(H,46,48)(H,49,52)/t34-,41-/m1/s1. The van der Waals surface area contributed by atoms with Crippen molar-refractivity contribution in [3.63, 3.8) is 0 Å². The third-order valence-corrected chi connectivity index (χ3v) is 13.7. The molecule has 14 heteroatoms. The largest absolute Gasteiger partial charge is 0.455 e. The fourth-order valence-corrected chi connectivity index (χ4v) is 10.0. The number of carbonyl (C=O) groups excluding carboxylic acids is 1. The highest BCUT2D eigenvalue weighted by Crippen LogP contribution is 2.47. The topological polar surface area (TPSA) is 169 Å². The molecule has 2 saturated heterocycles. The van der Waals surface area contributed by atoms with Crippen LogP contribution in [-0.2, 0) is 14.8 Å². The quantitative estimate of drug-likeness (QED) is 0.0771. The van der Waals surface area contributed by atoms with Crippen molar-refractivity contribution >= 4 is 43.9 Å². The fraction of sp³-hybridized carbons (Fsp3) is 0.378. The van der Waals surface area contributed by atoms with Crippen molar-refractivity contribution in [1.29, 1.82) is 0 Å². The van der Waals surface area contributed by atoms with Gasteiger partial charge in [-0.3, -0.25) is 19.8 Å². The smallest absolute Gasteiger partial charge is 0.293 e. The third-order valence-electron chi connectivity index (χ3n) is 12.3. The van der Waals surface area contributed by atoms with Crippen molar-refractivity contribution in [2.45, 2.75) is 80.7 Å². The lowest BCUT2D eigenvalue weighted by Gasteiger charge is -2.36. The summed E-state index contributed by atoms with van der Waals surface area (Å²) >= 11 is 0. The number of likely N-dealkylation sites (tertiary alicyclic amines) is 1. The van der Waals surface area contributed by atoms with E-state index in [1.54, 1.807) is 30.6 Å². The minimum absolute atomic E-state index is 0.0146. The van der Waals surface area contributed by atoms with Gasteiger partial charge in [-0.1, -0.05) is 36.4 Å². The number of H-pyrrole nitrogens is 1. The first kappa shape index (κ1) is 38.9. The SMILES string of the molecule is O=C(NS(=O)(=O)c1ccc(NCC2CCOCC2)c([N+](=O)[O-])c1)c1ccc(C2=CC[C@@H](N3CCC[C@@H]3c3ccccc3C3CC3)CC2)cc1Oc1cnc2[nH]ccc2c1. The van der Waals surface area contributed by atoms with Crippen LogP contribution in [0.1, 0.15) is 96.8 Å². The number of nitro groups is 1. The summed E-state index contributed by atoms with van der Waals surface area (Å²) in [6.45, 7) is 2.85. The van der Waals surface area contributed by atoms with Crippen LogP contribution >= 0.6 is 0 Å². The van der Waals surface area contributed by atoms with Crippen molar-refractivity contribution in [2.75, 3.05) is 31.6 Å². The van der Waals surface area contributed by atoms with E-state index in [9.17, 15) is 23.3 Å². The first-order chi connectivity index (χ1) is 28.7. The molecule has 0 bridgehead atoms. The maximum atomic E-state index is 13.9. The van der Waals surface area contributed by atoms with E-state index < -0.39 is 31.4 Å². The number of nitrogens with one attached hydrogen (secondary N) is 3. The van der Waals surface area contributed by atoms with Gasteiger partial charge >= 0.3 is 0 Å². The number of sulfonamides is 1. The van der Waals surface area contributed by atoms with E-state index in [0.717, 1.165) is 61.2 Å². The number of anilines is 1. The summed E-state index contributed by atoms with van der Waals surface area (Å²) in [5, 5.41) is 16.0. The second-order valence-corrected chi connectivity index (χ2v) is 17.8. The Bertz CT molecular complexity index is 2530. The number of rotatable bonds is 13. The summed E-state index contributed by atoms with van der Waals surface area (Å²) in [5.41, 5.74) is 5.50. The predicted molar refractivity (Wildman–Crippen MR) is 225 cm³/mol. The van der Waals surface area contributed by atoms with Gasteiger partial charge in [-0.25, -0.2) is 18.1 Å². The van der Waals surface area contributed by atoms with Gasteiger partial charge in [0.1, 0.15) is 22.8 Å². The molecule has 2 atom stereocenters. The first-order valence-corrected chi connectivity index (χ1v) is 22.1. The number of hydrogen-bond donors (Lipinski definition) is 3. The van der Waals surface area contributed by atoms with E-state index in [-0.39, 0.29) is 22.9 Å². The molecular weight excluding hydrogens is 769 g/mol. The van der Waals surface area contributed by atoms with Crippen molar-refractivity contribution in [1.82, 2.24) is 19.6 Å². The molecule has 0 radical (unpaired) electrons. The second-order valence-electron chi connectivity index (χ2n) is 16.2. The van der Waals surface area contributed by atoms with Crippen LogP contribution in [0, 0.1) is 16.0 Å². The second kappa shape index (κ2) is 16.6. The normalized spacial score (nSPS) is 20.3. The Hall–Kier alpha value is -5.57. The van der Waals surface area contributed by atoms with Crippen LogP contribution in [0.25, 0.3) is 16.6 Å². The molecule has 1 amide bonds. The number of hydrogen-bond acceptors (Lipinski definition) is 10. The number of aromatic amines is 1. The van der Waals surface area contributed by atoms with Crippen LogP contribution in [0.2, 0.25) is 0 Å². The van der Waals surface area contributed by atoms with Crippen molar-refractivity contribution in [3.8, 4) is 11.5 Å². The predicted octanol–water partition coefficient (Wildman–Crippen LogP) is 8.87. The van der Waals surface area contributed by atoms with Crippen molar-refractivity contribution in [2.24, 2.45) is 5.92 Å². The Balaban J connectivity index is 0.954. The summed E-state index contributed by atoms with van der Waals surface area (Å²) in [4.78, 5) is 35.1. The molecule has 3 N–H and O–H groups in total. The molecule has 2 aliphatic carbocycles. The lowest BCUT2D eigenvalue weighted by molar-refractivity contribution is -0.384. The van der Waals surface area contributed by atoms with Gasteiger partial charge in [0.2, 0.25) is 0 Å². The van der Waals surface area contributed by atoms with Gasteiger partial charge in [-0.15, -0.1) is 0 Å². The highest BCUT2D eigenvalue weighted by Gasteiger charge is 2.36. The molecule has 4 heterocycles. The Morgan fingerprint density at radius 3 is 2.59 bits per heavy atom. The molecule has 1 saturated carbocycles. The van der Waals surface area contributed by atoms with Gasteiger partial charge in [0.25, 0.3) is 21.6 Å². The Morgan fingerprint density at radius 1 is 0.983 bits per heavy atom. The minimum atomic E-state index is -4.54. The highest BCUT2D eigenvalue weighted by molar-refractivity contribution is 7.90. The lowest BCUT2D eigenvalue weighted by Crippen LogP contribution is -2.36. The average molecular weight is 817 g/mol. The van der Waals surface area contributed by atoms with Crippen LogP contribution in [0.15, 0.2) is 96.2 Å². The molecular formula is C45H48N6O7S. The molecule has 9 rings (SSSR count). The van der Waals surface area contributed by atoms with E-state index in [1.807, 2.05) is 12.1 Å². The van der Waals surface area contributed by atoms with Gasteiger partial charge in [-0.2, -0.15) is 0 Å². The maximum absolute atomic E-state index is 13.9. The van der Waals surface area contributed by atoms with E-state index >= 15 is 0 Å². The van der Waals surface area contributed by atoms with Crippen LogP contribution in [0.3, 0.4) is 0 Å². The fourth-order valence-electron chi connectivity index (χ4n) is 9.04. The molecule has 0 spiro atoms. The van der Waals surface area contributed by atoms with Crippen LogP contribution in [0.4, 0.5) is 11.4 Å². The lowest BCUT2D eigenvalue weighted by atomic mass is 9.88. The van der Waals surface area contributed by atoms with Crippen LogP contribution in [0.5, 0.6) is 11.5 Å². The van der Waals surface area contributed by atoms with Gasteiger partial charge in [0, 0.05) is 49.5 Å². The Morgan fingerprint density at radius 2 is 1.81 bits per heavy atom. The van der Waals surface area contributed by atoms with Gasteiger partial charge in [-0.05, 0) is 135 Å². The number of fused-ring (bicyclic) bond motifs is 1. The zero-order valence-corrected chi connectivity index (χ0v) is 33.6.